The average Bonchev–Trinajstić information content (AvgIpc) is 2.95. The van der Waals surface area contributed by atoms with E-state index in [9.17, 15) is 4.79 Å². The molecule has 0 spiro atoms. The molecule has 0 radical (unpaired) electrons. The Kier molecular flexibility index (Phi) is 2.33. The Balaban J connectivity index is 1.92. The van der Waals surface area contributed by atoms with E-state index in [2.05, 4.69) is 20.4 Å². The van der Waals surface area contributed by atoms with Gasteiger partial charge in [0.2, 0.25) is 0 Å². The molecule has 3 aromatic rings. The number of aromatic amines is 1. The van der Waals surface area contributed by atoms with E-state index in [0.29, 0.717) is 16.9 Å². The summed E-state index contributed by atoms with van der Waals surface area (Å²) in [6, 6.07) is 5.43. The van der Waals surface area contributed by atoms with Gasteiger partial charge in [-0.25, -0.2) is 0 Å². The van der Waals surface area contributed by atoms with E-state index in [1.807, 2.05) is 12.1 Å². The number of nitrogens with one attached hydrogen (secondary N) is 2. The normalized spacial score (nSPS) is 10.7. The fourth-order valence-electron chi connectivity index (χ4n) is 1.79. The van der Waals surface area contributed by atoms with Gasteiger partial charge >= 0.3 is 0 Å². The highest BCUT2D eigenvalue weighted by Gasteiger charge is 2.13. The van der Waals surface area contributed by atoms with Gasteiger partial charge in [-0.05, 0) is 12.1 Å². The van der Waals surface area contributed by atoms with E-state index in [1.54, 1.807) is 36.4 Å². The molecule has 2 N–H and O–H groups in total. The average molecular weight is 241 g/mol. The molecule has 0 aromatic carbocycles. The smallest absolute Gasteiger partial charge is 0.260 e. The number of anilines is 1. The van der Waals surface area contributed by atoms with Crippen LogP contribution in [0.3, 0.4) is 0 Å². The van der Waals surface area contributed by atoms with Gasteiger partial charge in [-0.15, -0.1) is 0 Å². The number of pyridine rings is 1. The van der Waals surface area contributed by atoms with Gasteiger partial charge in [0.25, 0.3) is 5.91 Å². The fraction of sp³-hybridized carbons (Fsp3) is 0.0833. The van der Waals surface area contributed by atoms with E-state index >= 15 is 0 Å². The molecule has 3 rings (SSSR count). The zero-order valence-corrected chi connectivity index (χ0v) is 9.71. The van der Waals surface area contributed by atoms with Crippen LogP contribution >= 0.6 is 0 Å². The third-order valence-electron chi connectivity index (χ3n) is 2.63. The lowest BCUT2D eigenvalue weighted by atomic mass is 10.2. The summed E-state index contributed by atoms with van der Waals surface area (Å²) in [4.78, 5) is 19.3. The zero-order valence-electron chi connectivity index (χ0n) is 9.71. The molecule has 0 unspecified atom stereocenters. The minimum Gasteiger partial charge on any atom is -0.359 e. The molecule has 0 atom stereocenters. The van der Waals surface area contributed by atoms with E-state index in [4.69, 9.17) is 0 Å². The summed E-state index contributed by atoms with van der Waals surface area (Å²) in [5, 5.41) is 6.82. The predicted octanol–water partition coefficient (Wildman–Crippen LogP) is 1.55. The van der Waals surface area contributed by atoms with Crippen LogP contribution in [0.25, 0.3) is 11.0 Å². The van der Waals surface area contributed by atoms with Crippen LogP contribution in [0.2, 0.25) is 0 Å². The number of nitrogens with zero attached hydrogens (tertiary/aromatic N) is 3. The summed E-state index contributed by atoms with van der Waals surface area (Å²) in [6.07, 6.45) is 5.08. The molecule has 3 heterocycles. The molecule has 0 aliphatic carbocycles. The highest BCUT2D eigenvalue weighted by Crippen LogP contribution is 2.16. The SMILES string of the molecule is Cn1ccc(NC(=O)c2c[nH]c3cccnc23)n1. The minimum absolute atomic E-state index is 0.223. The number of aromatic nitrogens is 4. The number of rotatable bonds is 2. The first-order valence-electron chi connectivity index (χ1n) is 5.47. The molecular weight excluding hydrogens is 230 g/mol. The molecule has 0 bridgehead atoms. The maximum atomic E-state index is 12.1. The Hall–Kier alpha value is -2.63. The first-order valence-corrected chi connectivity index (χ1v) is 5.47. The topological polar surface area (TPSA) is 75.6 Å². The third kappa shape index (κ3) is 1.73. The lowest BCUT2D eigenvalue weighted by Crippen LogP contribution is -2.12. The Morgan fingerprint density at radius 3 is 3.11 bits per heavy atom. The second kappa shape index (κ2) is 3.99. The lowest BCUT2D eigenvalue weighted by Gasteiger charge is -1.99. The van der Waals surface area contributed by atoms with Crippen LogP contribution in [-0.2, 0) is 7.05 Å². The largest absolute Gasteiger partial charge is 0.359 e. The van der Waals surface area contributed by atoms with Crippen LogP contribution in [0.1, 0.15) is 10.4 Å². The molecule has 0 fully saturated rings. The quantitative estimate of drug-likeness (QED) is 0.714. The monoisotopic (exact) mass is 241 g/mol. The summed E-state index contributed by atoms with van der Waals surface area (Å²) >= 11 is 0. The first-order chi connectivity index (χ1) is 8.74. The molecule has 18 heavy (non-hydrogen) atoms. The third-order valence-corrected chi connectivity index (χ3v) is 2.63. The van der Waals surface area contributed by atoms with E-state index < -0.39 is 0 Å². The van der Waals surface area contributed by atoms with Crippen LogP contribution in [0.15, 0.2) is 36.8 Å². The van der Waals surface area contributed by atoms with Crippen molar-refractivity contribution in [2.75, 3.05) is 5.32 Å². The van der Waals surface area contributed by atoms with Gasteiger partial charge in [0.1, 0.15) is 5.52 Å². The molecule has 0 saturated heterocycles. The van der Waals surface area contributed by atoms with Gasteiger partial charge in [0.15, 0.2) is 5.82 Å². The van der Waals surface area contributed by atoms with E-state index in [-0.39, 0.29) is 5.91 Å². The predicted molar refractivity (Wildman–Crippen MR) is 67.3 cm³/mol. The number of amides is 1. The van der Waals surface area contributed by atoms with Gasteiger partial charge in [-0.1, -0.05) is 0 Å². The number of carbonyl (C=O) groups excluding carboxylic acids is 1. The van der Waals surface area contributed by atoms with Crippen molar-refractivity contribution in [1.82, 2.24) is 19.7 Å². The van der Waals surface area contributed by atoms with Crippen molar-refractivity contribution in [2.45, 2.75) is 0 Å². The lowest BCUT2D eigenvalue weighted by molar-refractivity contribution is 0.102. The van der Waals surface area contributed by atoms with Gasteiger partial charge in [0, 0.05) is 31.7 Å². The number of aryl methyl sites for hydroxylation is 1. The zero-order chi connectivity index (χ0) is 12.5. The highest BCUT2D eigenvalue weighted by molar-refractivity contribution is 6.11. The summed E-state index contributed by atoms with van der Waals surface area (Å²) < 4.78 is 1.63. The van der Waals surface area contributed by atoms with Gasteiger partial charge in [-0.3, -0.25) is 14.5 Å². The molecular formula is C12H11N5O. The molecule has 0 aliphatic heterocycles. The Morgan fingerprint density at radius 1 is 1.44 bits per heavy atom. The highest BCUT2D eigenvalue weighted by atomic mass is 16.1. The fourth-order valence-corrected chi connectivity index (χ4v) is 1.79. The Bertz CT molecular complexity index is 712. The molecule has 0 aliphatic rings. The van der Waals surface area contributed by atoms with Crippen LogP contribution < -0.4 is 5.32 Å². The number of hydrogen-bond donors (Lipinski definition) is 2. The molecule has 3 aromatic heterocycles. The van der Waals surface area contributed by atoms with Gasteiger partial charge < -0.3 is 10.3 Å². The number of fused-ring (bicyclic) bond motifs is 1. The molecule has 90 valence electrons. The van der Waals surface area contributed by atoms with Crippen molar-refractivity contribution in [1.29, 1.82) is 0 Å². The van der Waals surface area contributed by atoms with E-state index in [0.717, 1.165) is 5.52 Å². The summed E-state index contributed by atoms with van der Waals surface area (Å²) in [5.74, 6) is 0.298. The maximum absolute atomic E-state index is 12.1. The number of hydrogen-bond acceptors (Lipinski definition) is 3. The van der Waals surface area contributed by atoms with Crippen molar-refractivity contribution in [2.24, 2.45) is 7.05 Å². The van der Waals surface area contributed by atoms with E-state index in [1.165, 1.54) is 0 Å². The van der Waals surface area contributed by atoms with Crippen molar-refractivity contribution < 1.29 is 4.79 Å². The van der Waals surface area contributed by atoms with Gasteiger partial charge in [0.05, 0.1) is 11.1 Å². The Labute approximate surface area is 103 Å². The standard InChI is InChI=1S/C12H11N5O/c1-17-6-4-10(16-17)15-12(18)8-7-14-9-3-2-5-13-11(8)9/h2-7,14H,1H3,(H,15,16,18). The first kappa shape index (κ1) is 10.5. The maximum Gasteiger partial charge on any atom is 0.260 e. The van der Waals surface area contributed by atoms with Crippen LogP contribution in [0.4, 0.5) is 5.82 Å². The second-order valence-electron chi connectivity index (χ2n) is 3.93. The van der Waals surface area contributed by atoms with Crippen LogP contribution in [0.5, 0.6) is 0 Å². The van der Waals surface area contributed by atoms with Crippen molar-refractivity contribution in [3.8, 4) is 0 Å². The number of H-pyrrole nitrogens is 1. The molecule has 1 amide bonds. The molecule has 6 heteroatoms. The summed E-state index contributed by atoms with van der Waals surface area (Å²) in [6.45, 7) is 0. The van der Waals surface area contributed by atoms with Crippen LogP contribution in [0, 0.1) is 0 Å². The molecule has 6 nitrogen and oxygen atoms in total. The van der Waals surface area contributed by atoms with Gasteiger partial charge in [-0.2, -0.15) is 5.10 Å². The summed E-state index contributed by atoms with van der Waals surface area (Å²) in [5.41, 5.74) is 2.01. The van der Waals surface area contributed by atoms with Crippen molar-refractivity contribution >= 4 is 22.8 Å². The van der Waals surface area contributed by atoms with Crippen LogP contribution in [-0.4, -0.2) is 25.7 Å². The van der Waals surface area contributed by atoms with Crippen molar-refractivity contribution in [3.63, 3.8) is 0 Å². The minimum atomic E-state index is -0.223. The van der Waals surface area contributed by atoms with Crippen molar-refractivity contribution in [3.05, 3.63) is 42.4 Å². The Morgan fingerprint density at radius 2 is 2.33 bits per heavy atom. The number of carbonyl (C=O) groups is 1. The second-order valence-corrected chi connectivity index (χ2v) is 3.93. The molecule has 0 saturated carbocycles. The summed E-state index contributed by atoms with van der Waals surface area (Å²) in [7, 11) is 1.79.